The fraction of sp³-hybridized carbons (Fsp3) is 0.235. The minimum Gasteiger partial charge on any atom is -0.294 e. The van der Waals surface area contributed by atoms with E-state index in [1.54, 1.807) is 23.6 Å². The Hall–Kier alpha value is -2.47. The molecule has 0 unspecified atom stereocenters. The highest BCUT2D eigenvalue weighted by atomic mass is 32.1. The smallest absolute Gasteiger partial charge is 0.279 e. The highest BCUT2D eigenvalue weighted by Crippen LogP contribution is 2.12. The molecule has 0 atom stereocenters. The SMILES string of the molecule is Cc1ccc(C(=O)CCC(=O)NNC(=O)c2cccs2)cc1C. The van der Waals surface area contributed by atoms with Gasteiger partial charge in [-0.25, -0.2) is 0 Å². The molecule has 1 aromatic carbocycles. The third-order valence-electron chi connectivity index (χ3n) is 3.47. The van der Waals surface area contributed by atoms with Crippen LogP contribution in [-0.4, -0.2) is 17.6 Å². The number of carbonyl (C=O) groups excluding carboxylic acids is 3. The number of amides is 2. The van der Waals surface area contributed by atoms with E-state index in [2.05, 4.69) is 10.9 Å². The Morgan fingerprint density at radius 1 is 1.00 bits per heavy atom. The number of hydrogen-bond donors (Lipinski definition) is 2. The van der Waals surface area contributed by atoms with Gasteiger partial charge in [0.25, 0.3) is 5.91 Å². The van der Waals surface area contributed by atoms with Gasteiger partial charge in [0.2, 0.25) is 5.91 Å². The summed E-state index contributed by atoms with van der Waals surface area (Å²) in [5.41, 5.74) is 7.41. The molecular weight excluding hydrogens is 312 g/mol. The van der Waals surface area contributed by atoms with Gasteiger partial charge in [0.15, 0.2) is 5.78 Å². The summed E-state index contributed by atoms with van der Waals surface area (Å²) >= 11 is 1.28. The van der Waals surface area contributed by atoms with Gasteiger partial charge in [0, 0.05) is 18.4 Å². The summed E-state index contributed by atoms with van der Waals surface area (Å²) in [5.74, 6) is -0.853. The van der Waals surface area contributed by atoms with Gasteiger partial charge < -0.3 is 0 Å². The van der Waals surface area contributed by atoms with Gasteiger partial charge in [-0.2, -0.15) is 0 Å². The lowest BCUT2D eigenvalue weighted by atomic mass is 10.0. The molecule has 0 aliphatic carbocycles. The van der Waals surface area contributed by atoms with Crippen LogP contribution in [0.3, 0.4) is 0 Å². The van der Waals surface area contributed by atoms with E-state index in [0.717, 1.165) is 11.1 Å². The molecule has 120 valence electrons. The normalized spacial score (nSPS) is 10.2. The average molecular weight is 330 g/mol. The van der Waals surface area contributed by atoms with Crippen LogP contribution >= 0.6 is 11.3 Å². The Balaban J connectivity index is 1.78. The Bertz CT molecular complexity index is 723. The zero-order valence-electron chi connectivity index (χ0n) is 13.0. The van der Waals surface area contributed by atoms with Gasteiger partial charge in [0.1, 0.15) is 0 Å². The minimum absolute atomic E-state index is 0.0243. The number of thiophene rings is 1. The Labute approximate surface area is 138 Å². The lowest BCUT2D eigenvalue weighted by molar-refractivity contribution is -0.121. The molecule has 2 rings (SSSR count). The van der Waals surface area contributed by atoms with Crippen molar-refractivity contribution in [3.05, 3.63) is 57.3 Å². The maximum atomic E-state index is 12.1. The molecule has 0 fully saturated rings. The van der Waals surface area contributed by atoms with E-state index >= 15 is 0 Å². The first-order valence-corrected chi connectivity index (χ1v) is 8.08. The molecular formula is C17H18N2O3S. The summed E-state index contributed by atoms with van der Waals surface area (Å²) in [7, 11) is 0. The number of benzene rings is 1. The van der Waals surface area contributed by atoms with Crippen LogP contribution in [0.4, 0.5) is 0 Å². The van der Waals surface area contributed by atoms with Gasteiger partial charge in [-0.1, -0.05) is 18.2 Å². The quantitative estimate of drug-likeness (QED) is 0.654. The van der Waals surface area contributed by atoms with Crippen molar-refractivity contribution >= 4 is 28.9 Å². The average Bonchev–Trinajstić information content (AvgIpc) is 3.07. The zero-order chi connectivity index (χ0) is 16.8. The van der Waals surface area contributed by atoms with E-state index in [4.69, 9.17) is 0 Å². The van der Waals surface area contributed by atoms with Crippen molar-refractivity contribution in [1.29, 1.82) is 0 Å². The summed E-state index contributed by atoms with van der Waals surface area (Å²) in [4.78, 5) is 35.9. The number of hydrazine groups is 1. The molecule has 0 saturated heterocycles. The summed E-state index contributed by atoms with van der Waals surface area (Å²) in [5, 5.41) is 1.78. The fourth-order valence-electron chi connectivity index (χ4n) is 1.94. The van der Waals surface area contributed by atoms with E-state index in [-0.39, 0.29) is 24.5 Å². The number of Topliss-reactive ketones (excluding diaryl/α,β-unsaturated/α-hetero) is 1. The molecule has 2 N–H and O–H groups in total. The van der Waals surface area contributed by atoms with Crippen LogP contribution in [0.2, 0.25) is 0 Å². The highest BCUT2D eigenvalue weighted by molar-refractivity contribution is 7.12. The first-order chi connectivity index (χ1) is 11.0. The molecule has 23 heavy (non-hydrogen) atoms. The molecule has 1 aromatic heterocycles. The topological polar surface area (TPSA) is 75.3 Å². The monoisotopic (exact) mass is 330 g/mol. The van der Waals surface area contributed by atoms with Crippen LogP contribution < -0.4 is 10.9 Å². The van der Waals surface area contributed by atoms with E-state index in [1.807, 2.05) is 26.0 Å². The molecule has 2 aromatic rings. The third-order valence-corrected chi connectivity index (χ3v) is 4.34. The predicted octanol–water partition coefficient (Wildman–Crippen LogP) is 2.79. The predicted molar refractivity (Wildman–Crippen MR) is 89.4 cm³/mol. The molecule has 0 aliphatic heterocycles. The van der Waals surface area contributed by atoms with Crippen LogP contribution in [0.25, 0.3) is 0 Å². The maximum Gasteiger partial charge on any atom is 0.279 e. The number of carbonyl (C=O) groups is 3. The summed E-state index contributed by atoms with van der Waals surface area (Å²) in [6, 6.07) is 8.90. The van der Waals surface area contributed by atoms with E-state index in [1.165, 1.54) is 11.3 Å². The second kappa shape index (κ2) is 7.69. The lowest BCUT2D eigenvalue weighted by Gasteiger charge is -2.07. The summed E-state index contributed by atoms with van der Waals surface area (Å²) in [6.45, 7) is 3.92. The first-order valence-electron chi connectivity index (χ1n) is 7.20. The Morgan fingerprint density at radius 2 is 1.78 bits per heavy atom. The second-order valence-corrected chi connectivity index (χ2v) is 6.15. The molecule has 1 heterocycles. The molecule has 6 heteroatoms. The van der Waals surface area contributed by atoms with Crippen molar-refractivity contribution < 1.29 is 14.4 Å². The maximum absolute atomic E-state index is 12.1. The van der Waals surface area contributed by atoms with Crippen molar-refractivity contribution in [2.24, 2.45) is 0 Å². The number of rotatable bonds is 5. The fourth-order valence-corrected chi connectivity index (χ4v) is 2.56. The van der Waals surface area contributed by atoms with Crippen LogP contribution in [-0.2, 0) is 4.79 Å². The van der Waals surface area contributed by atoms with Crippen LogP contribution in [0.15, 0.2) is 35.7 Å². The number of nitrogens with one attached hydrogen (secondary N) is 2. The van der Waals surface area contributed by atoms with E-state index < -0.39 is 5.91 Å². The van der Waals surface area contributed by atoms with Crippen molar-refractivity contribution in [2.75, 3.05) is 0 Å². The second-order valence-electron chi connectivity index (χ2n) is 5.20. The third kappa shape index (κ3) is 4.75. The van der Waals surface area contributed by atoms with Crippen LogP contribution in [0.1, 0.15) is 44.0 Å². The van der Waals surface area contributed by atoms with Gasteiger partial charge in [-0.3, -0.25) is 25.2 Å². The molecule has 0 aliphatic rings. The zero-order valence-corrected chi connectivity index (χ0v) is 13.8. The Morgan fingerprint density at radius 3 is 2.43 bits per heavy atom. The van der Waals surface area contributed by atoms with Gasteiger partial charge in [-0.05, 0) is 42.5 Å². The summed E-state index contributed by atoms with van der Waals surface area (Å²) in [6.07, 6.45) is 0.125. The standard InChI is InChI=1S/C17H18N2O3S/c1-11-5-6-13(10-12(11)2)14(20)7-8-16(21)18-19-17(22)15-4-3-9-23-15/h3-6,9-10H,7-8H2,1-2H3,(H,18,21)(H,19,22). The van der Waals surface area contributed by atoms with Crippen molar-refractivity contribution in [3.8, 4) is 0 Å². The van der Waals surface area contributed by atoms with Gasteiger partial charge >= 0.3 is 0 Å². The Kier molecular flexibility index (Phi) is 5.65. The number of aryl methyl sites for hydroxylation is 2. The van der Waals surface area contributed by atoms with Gasteiger partial charge in [-0.15, -0.1) is 11.3 Å². The van der Waals surface area contributed by atoms with Crippen molar-refractivity contribution in [1.82, 2.24) is 10.9 Å². The lowest BCUT2D eigenvalue weighted by Crippen LogP contribution is -2.41. The largest absolute Gasteiger partial charge is 0.294 e. The van der Waals surface area contributed by atoms with Crippen LogP contribution in [0, 0.1) is 13.8 Å². The van der Waals surface area contributed by atoms with Crippen molar-refractivity contribution in [3.63, 3.8) is 0 Å². The number of ketones is 1. The molecule has 0 saturated carbocycles. The minimum atomic E-state index is -0.396. The van der Waals surface area contributed by atoms with Gasteiger partial charge in [0.05, 0.1) is 4.88 Å². The molecule has 0 bridgehead atoms. The van der Waals surface area contributed by atoms with Crippen molar-refractivity contribution in [2.45, 2.75) is 26.7 Å². The molecule has 5 nitrogen and oxygen atoms in total. The summed E-state index contributed by atoms with van der Waals surface area (Å²) < 4.78 is 0. The first kappa shape index (κ1) is 16.9. The molecule has 0 spiro atoms. The van der Waals surface area contributed by atoms with E-state index in [9.17, 15) is 14.4 Å². The molecule has 0 radical (unpaired) electrons. The number of hydrogen-bond acceptors (Lipinski definition) is 4. The van der Waals surface area contributed by atoms with E-state index in [0.29, 0.717) is 10.4 Å². The molecule has 2 amide bonds. The highest BCUT2D eigenvalue weighted by Gasteiger charge is 2.11. The van der Waals surface area contributed by atoms with Crippen LogP contribution in [0.5, 0.6) is 0 Å².